The highest BCUT2D eigenvalue weighted by molar-refractivity contribution is 5.93. The summed E-state index contributed by atoms with van der Waals surface area (Å²) in [5.41, 5.74) is 1.90. The van der Waals surface area contributed by atoms with E-state index in [1.165, 1.54) is 0 Å². The minimum absolute atomic E-state index is 0. The Bertz CT molecular complexity index is 857. The van der Waals surface area contributed by atoms with Crippen molar-refractivity contribution in [3.8, 4) is 11.5 Å². The van der Waals surface area contributed by atoms with Crippen molar-refractivity contribution in [1.82, 2.24) is 15.6 Å². The third-order valence-corrected chi connectivity index (χ3v) is 4.94. The maximum Gasteiger partial charge on any atom is 0.121 e. The second-order valence-corrected chi connectivity index (χ2v) is 7.60. The van der Waals surface area contributed by atoms with Crippen molar-refractivity contribution in [2.75, 3.05) is 39.4 Å². The quantitative estimate of drug-likeness (QED) is 0.197. The highest BCUT2D eigenvalue weighted by atomic mass is 35.5. The largest absolute Gasteiger partial charge is 0.493 e. The summed E-state index contributed by atoms with van der Waals surface area (Å²) in [7, 11) is 0. The van der Waals surface area contributed by atoms with Gasteiger partial charge in [-0.3, -0.25) is 0 Å². The number of hydrogen-bond donors (Lipinski definition) is 2. The molecule has 0 aliphatic heterocycles. The van der Waals surface area contributed by atoms with Gasteiger partial charge >= 0.3 is 0 Å². The van der Waals surface area contributed by atoms with E-state index in [2.05, 4.69) is 42.7 Å². The van der Waals surface area contributed by atoms with Crippen LogP contribution in [-0.2, 0) is 0 Å². The van der Waals surface area contributed by atoms with Gasteiger partial charge in [0.1, 0.15) is 11.5 Å². The van der Waals surface area contributed by atoms with Gasteiger partial charge in [0.25, 0.3) is 0 Å². The van der Waals surface area contributed by atoms with Crippen molar-refractivity contribution in [2.24, 2.45) is 0 Å². The van der Waals surface area contributed by atoms with E-state index in [1.807, 2.05) is 24.3 Å². The van der Waals surface area contributed by atoms with E-state index in [0.29, 0.717) is 13.2 Å². The van der Waals surface area contributed by atoms with Gasteiger partial charge in [0, 0.05) is 22.9 Å². The molecule has 2 N–H and O–H groups in total. The lowest BCUT2D eigenvalue weighted by Crippen LogP contribution is -2.18. The van der Waals surface area contributed by atoms with E-state index in [-0.39, 0.29) is 37.2 Å². The van der Waals surface area contributed by atoms with Crippen LogP contribution < -0.4 is 20.1 Å². The van der Waals surface area contributed by atoms with Gasteiger partial charge in [-0.15, -0.1) is 37.2 Å². The van der Waals surface area contributed by atoms with Gasteiger partial charge in [-0.1, -0.05) is 13.8 Å². The number of rotatable bonds is 14. The van der Waals surface area contributed by atoms with Crippen LogP contribution in [-0.4, -0.2) is 44.4 Å². The van der Waals surface area contributed by atoms with Crippen molar-refractivity contribution >= 4 is 59.0 Å². The van der Waals surface area contributed by atoms with Crippen molar-refractivity contribution in [3.05, 3.63) is 42.5 Å². The fourth-order valence-electron chi connectivity index (χ4n) is 3.34. The SMILES string of the molecule is CCCNCCCOc1ccc2cc3ccc(OCCCNCCC)cc3nc2c1.Cl.Cl.Cl. The lowest BCUT2D eigenvalue weighted by atomic mass is 10.1. The molecule has 186 valence electrons. The van der Waals surface area contributed by atoms with Crippen LogP contribution >= 0.6 is 37.2 Å². The molecular weight excluding hydrogens is 481 g/mol. The zero-order valence-electron chi connectivity index (χ0n) is 19.6. The summed E-state index contributed by atoms with van der Waals surface area (Å²) in [5.74, 6) is 1.74. The van der Waals surface area contributed by atoms with E-state index >= 15 is 0 Å². The summed E-state index contributed by atoms with van der Waals surface area (Å²) < 4.78 is 11.8. The third-order valence-electron chi connectivity index (χ3n) is 4.94. The average Bonchev–Trinajstić information content (AvgIpc) is 2.77. The van der Waals surface area contributed by atoms with Crippen LogP contribution in [0.1, 0.15) is 39.5 Å². The molecule has 3 rings (SSSR count). The molecule has 5 nitrogen and oxygen atoms in total. The summed E-state index contributed by atoms with van der Waals surface area (Å²) >= 11 is 0. The number of nitrogens with zero attached hydrogens (tertiary/aromatic N) is 1. The maximum absolute atomic E-state index is 5.91. The molecule has 0 spiro atoms. The fraction of sp³-hybridized carbons (Fsp3) is 0.480. The second-order valence-electron chi connectivity index (χ2n) is 7.60. The maximum atomic E-state index is 5.91. The van der Waals surface area contributed by atoms with E-state index < -0.39 is 0 Å². The number of pyridine rings is 1. The molecule has 0 amide bonds. The molecule has 2 aromatic carbocycles. The van der Waals surface area contributed by atoms with Crippen molar-refractivity contribution < 1.29 is 9.47 Å². The predicted octanol–water partition coefficient (Wildman–Crippen LogP) is 6.19. The molecule has 1 heterocycles. The van der Waals surface area contributed by atoms with Crippen molar-refractivity contribution in [2.45, 2.75) is 39.5 Å². The summed E-state index contributed by atoms with van der Waals surface area (Å²) in [6, 6.07) is 14.5. The summed E-state index contributed by atoms with van der Waals surface area (Å²) in [6.45, 7) is 9.88. The predicted molar refractivity (Wildman–Crippen MR) is 148 cm³/mol. The molecule has 0 aliphatic rings. The van der Waals surface area contributed by atoms with Gasteiger partial charge in [-0.05, 0) is 82.2 Å². The molecule has 0 aliphatic carbocycles. The zero-order valence-corrected chi connectivity index (χ0v) is 22.1. The molecule has 8 heteroatoms. The van der Waals surface area contributed by atoms with Crippen LogP contribution in [0.4, 0.5) is 0 Å². The molecule has 33 heavy (non-hydrogen) atoms. The first-order valence-electron chi connectivity index (χ1n) is 11.3. The van der Waals surface area contributed by atoms with Crippen molar-refractivity contribution in [1.29, 1.82) is 0 Å². The van der Waals surface area contributed by atoms with E-state index in [0.717, 1.165) is 85.2 Å². The Kier molecular flexibility index (Phi) is 17.1. The first-order valence-corrected chi connectivity index (χ1v) is 11.3. The van der Waals surface area contributed by atoms with E-state index in [1.54, 1.807) is 0 Å². The van der Waals surface area contributed by atoms with E-state index in [4.69, 9.17) is 14.5 Å². The minimum Gasteiger partial charge on any atom is -0.493 e. The molecular formula is C25H38Cl3N3O2. The molecule has 0 saturated heterocycles. The number of ether oxygens (including phenoxy) is 2. The first-order chi connectivity index (χ1) is 14.8. The first kappa shape index (κ1) is 31.5. The Morgan fingerprint density at radius 1 is 0.636 bits per heavy atom. The Balaban J connectivity index is 0.00000341. The normalized spacial score (nSPS) is 10.2. The van der Waals surface area contributed by atoms with Crippen molar-refractivity contribution in [3.63, 3.8) is 0 Å². The number of fused-ring (bicyclic) bond motifs is 2. The topological polar surface area (TPSA) is 55.4 Å². The summed E-state index contributed by atoms with van der Waals surface area (Å²) in [4.78, 5) is 4.85. The van der Waals surface area contributed by atoms with Gasteiger partial charge in [0.15, 0.2) is 0 Å². The molecule has 0 bridgehead atoms. The molecule has 0 atom stereocenters. The van der Waals surface area contributed by atoms with Gasteiger partial charge in [0.2, 0.25) is 0 Å². The Hall–Kier alpha value is -1.50. The molecule has 0 unspecified atom stereocenters. The lowest BCUT2D eigenvalue weighted by Gasteiger charge is -2.10. The number of nitrogens with one attached hydrogen (secondary N) is 2. The molecule has 3 aromatic rings. The van der Waals surface area contributed by atoms with Crippen LogP contribution in [0.15, 0.2) is 42.5 Å². The lowest BCUT2D eigenvalue weighted by molar-refractivity contribution is 0.308. The second kappa shape index (κ2) is 17.9. The number of hydrogen-bond acceptors (Lipinski definition) is 5. The summed E-state index contributed by atoms with van der Waals surface area (Å²) in [6.07, 6.45) is 4.32. The number of benzene rings is 2. The minimum atomic E-state index is 0. The third kappa shape index (κ3) is 10.5. The molecule has 0 fully saturated rings. The standard InChI is InChI=1S/C25H35N3O2.3ClH/c1-3-11-26-13-5-15-29-22-9-7-20-17-21-8-10-23(19-25(21)28-24(20)18-22)30-16-6-14-27-12-4-2;;;/h7-10,17-19,26-27H,3-6,11-16H2,1-2H3;3*1H. The monoisotopic (exact) mass is 517 g/mol. The van der Waals surface area contributed by atoms with Crippen LogP contribution in [0.2, 0.25) is 0 Å². The van der Waals surface area contributed by atoms with Gasteiger partial charge in [-0.25, -0.2) is 4.98 Å². The molecule has 1 aromatic heterocycles. The fourth-order valence-corrected chi connectivity index (χ4v) is 3.34. The summed E-state index contributed by atoms with van der Waals surface area (Å²) in [5, 5.41) is 9.03. The number of aromatic nitrogens is 1. The van der Waals surface area contributed by atoms with Gasteiger partial charge < -0.3 is 20.1 Å². The van der Waals surface area contributed by atoms with Crippen LogP contribution in [0, 0.1) is 0 Å². The zero-order chi connectivity index (χ0) is 21.0. The van der Waals surface area contributed by atoms with Gasteiger partial charge in [-0.2, -0.15) is 0 Å². The molecule has 0 radical (unpaired) electrons. The smallest absolute Gasteiger partial charge is 0.121 e. The Morgan fingerprint density at radius 2 is 1.09 bits per heavy atom. The van der Waals surface area contributed by atoms with Crippen LogP contribution in [0.5, 0.6) is 11.5 Å². The van der Waals surface area contributed by atoms with Gasteiger partial charge in [0.05, 0.1) is 24.2 Å². The highest BCUT2D eigenvalue weighted by Gasteiger charge is 2.04. The number of halogens is 3. The van der Waals surface area contributed by atoms with Crippen LogP contribution in [0.3, 0.4) is 0 Å². The van der Waals surface area contributed by atoms with E-state index in [9.17, 15) is 0 Å². The average molecular weight is 519 g/mol. The Labute approximate surface area is 216 Å². The molecule has 0 saturated carbocycles. The Morgan fingerprint density at radius 3 is 1.52 bits per heavy atom. The van der Waals surface area contributed by atoms with Crippen LogP contribution in [0.25, 0.3) is 21.8 Å². The highest BCUT2D eigenvalue weighted by Crippen LogP contribution is 2.26.